The number of hydrogen-bond acceptors (Lipinski definition) is 6. The van der Waals surface area contributed by atoms with Crippen molar-refractivity contribution in [1.82, 2.24) is 34.7 Å². The first-order valence-electron chi connectivity index (χ1n) is 9.80. The van der Waals surface area contributed by atoms with Crippen LogP contribution in [0.5, 0.6) is 0 Å². The lowest BCUT2D eigenvalue weighted by Crippen LogP contribution is -1.98. The van der Waals surface area contributed by atoms with E-state index in [0.717, 1.165) is 69.7 Å². The summed E-state index contributed by atoms with van der Waals surface area (Å²) in [4.78, 5) is 18.7. The molecule has 5 aromatic heterocycles. The maximum absolute atomic E-state index is 4.89. The van der Waals surface area contributed by atoms with Crippen LogP contribution >= 0.6 is 0 Å². The summed E-state index contributed by atoms with van der Waals surface area (Å²) in [5, 5.41) is 10.6. The van der Waals surface area contributed by atoms with Crippen LogP contribution in [0, 0.1) is 6.92 Å². The fourth-order valence-electron chi connectivity index (χ4n) is 3.91. The molecule has 0 atom stereocenters. The summed E-state index contributed by atoms with van der Waals surface area (Å²) in [6.07, 6.45) is 5.51. The zero-order valence-corrected chi connectivity index (χ0v) is 16.3. The number of nitrogens with zero attached hydrogens (tertiary/aromatic N) is 6. The number of H-pyrrole nitrogens is 1. The van der Waals surface area contributed by atoms with E-state index < -0.39 is 0 Å². The highest BCUT2D eigenvalue weighted by Gasteiger charge is 2.17. The molecule has 0 aromatic carbocycles. The number of aromatic amines is 1. The van der Waals surface area contributed by atoms with Gasteiger partial charge in [0.2, 0.25) is 0 Å². The van der Waals surface area contributed by atoms with E-state index in [1.807, 2.05) is 55.7 Å². The monoisotopic (exact) mass is 394 g/mol. The summed E-state index contributed by atoms with van der Waals surface area (Å²) in [6.45, 7) is 3.80. The molecule has 0 fully saturated rings. The molecule has 0 amide bonds. The molecule has 2 N–H and O–H groups in total. The highest BCUT2D eigenvalue weighted by Crippen LogP contribution is 2.30. The average molecular weight is 394 g/mol. The van der Waals surface area contributed by atoms with Gasteiger partial charge in [-0.2, -0.15) is 5.10 Å². The maximum atomic E-state index is 4.89. The smallest absolute Gasteiger partial charge is 0.143 e. The molecule has 6 heterocycles. The fraction of sp³-hybridized carbons (Fsp3) is 0.136. The Balaban J connectivity index is 1.46. The van der Waals surface area contributed by atoms with Crippen molar-refractivity contribution in [1.29, 1.82) is 0 Å². The van der Waals surface area contributed by atoms with Crippen LogP contribution in [0.3, 0.4) is 0 Å². The standard InChI is InChI=1S/C22H18N8/c1-13-3-2-4-18(27-13)21-15(11-26-29-21)16-5-6-17-19(28-16)9-14(10-24-17)22-25-12-20-23-7-8-30(20)22/h2-6,9-12,23H,7-8H2,1H3,(H,26,29). The molecule has 0 aliphatic carbocycles. The Hall–Kier alpha value is -4.07. The predicted octanol–water partition coefficient (Wildman–Crippen LogP) is 3.68. The minimum absolute atomic E-state index is 0.817. The second kappa shape index (κ2) is 6.48. The van der Waals surface area contributed by atoms with Gasteiger partial charge in [-0.05, 0) is 37.3 Å². The number of rotatable bonds is 3. The Morgan fingerprint density at radius 1 is 0.933 bits per heavy atom. The second-order valence-electron chi connectivity index (χ2n) is 7.33. The lowest BCUT2D eigenvalue weighted by atomic mass is 10.1. The van der Waals surface area contributed by atoms with Gasteiger partial charge in [0, 0.05) is 36.1 Å². The van der Waals surface area contributed by atoms with Crippen LogP contribution in [0.1, 0.15) is 5.69 Å². The Morgan fingerprint density at radius 3 is 2.83 bits per heavy atom. The van der Waals surface area contributed by atoms with E-state index >= 15 is 0 Å². The van der Waals surface area contributed by atoms with Crippen molar-refractivity contribution < 1.29 is 0 Å². The minimum Gasteiger partial charge on any atom is -0.368 e. The molecule has 0 radical (unpaired) electrons. The molecule has 5 aromatic rings. The maximum Gasteiger partial charge on any atom is 0.143 e. The second-order valence-corrected chi connectivity index (χ2v) is 7.33. The highest BCUT2D eigenvalue weighted by molar-refractivity contribution is 5.84. The number of fused-ring (bicyclic) bond motifs is 2. The van der Waals surface area contributed by atoms with Crippen molar-refractivity contribution >= 4 is 16.9 Å². The van der Waals surface area contributed by atoms with Gasteiger partial charge < -0.3 is 9.88 Å². The van der Waals surface area contributed by atoms with Gasteiger partial charge in [-0.3, -0.25) is 15.1 Å². The summed E-state index contributed by atoms with van der Waals surface area (Å²) in [5.74, 6) is 1.95. The van der Waals surface area contributed by atoms with Crippen LogP contribution in [0.15, 0.2) is 55.0 Å². The Kier molecular flexibility index (Phi) is 3.64. The van der Waals surface area contributed by atoms with Crippen molar-refractivity contribution in [2.24, 2.45) is 0 Å². The summed E-state index contributed by atoms with van der Waals surface area (Å²) in [6, 6.07) is 11.9. The third-order valence-electron chi connectivity index (χ3n) is 5.35. The van der Waals surface area contributed by atoms with Crippen LogP contribution < -0.4 is 5.32 Å². The number of anilines is 1. The Bertz CT molecular complexity index is 1400. The largest absolute Gasteiger partial charge is 0.368 e. The van der Waals surface area contributed by atoms with Gasteiger partial charge in [0.1, 0.15) is 11.6 Å². The molecule has 0 saturated carbocycles. The first kappa shape index (κ1) is 16.8. The van der Waals surface area contributed by atoms with Gasteiger partial charge in [-0.15, -0.1) is 0 Å². The molecule has 8 heteroatoms. The highest BCUT2D eigenvalue weighted by atomic mass is 15.2. The normalized spacial score (nSPS) is 12.8. The minimum atomic E-state index is 0.817. The number of aromatic nitrogens is 7. The summed E-state index contributed by atoms with van der Waals surface area (Å²) < 4.78 is 2.17. The van der Waals surface area contributed by atoms with Crippen molar-refractivity contribution in [2.75, 3.05) is 11.9 Å². The summed E-state index contributed by atoms with van der Waals surface area (Å²) in [7, 11) is 0. The van der Waals surface area contributed by atoms with Crippen LogP contribution in [0.25, 0.3) is 45.1 Å². The molecular formula is C22H18N8. The molecule has 0 spiro atoms. The van der Waals surface area contributed by atoms with E-state index in [1.54, 1.807) is 6.20 Å². The SMILES string of the molecule is Cc1cccc(-c2[nH]ncc2-c2ccc3ncc(-c4ncc5n4CCN5)cc3n2)n1. The molecule has 0 bridgehead atoms. The quantitative estimate of drug-likeness (QED) is 0.484. The molecule has 1 aliphatic rings. The molecule has 146 valence electrons. The van der Waals surface area contributed by atoms with Crippen molar-refractivity contribution in [2.45, 2.75) is 13.5 Å². The number of nitrogens with one attached hydrogen (secondary N) is 2. The average Bonchev–Trinajstić information content (AvgIpc) is 3.50. The van der Waals surface area contributed by atoms with Gasteiger partial charge in [0.25, 0.3) is 0 Å². The summed E-state index contributed by atoms with van der Waals surface area (Å²) in [5.41, 5.74) is 6.99. The predicted molar refractivity (Wildman–Crippen MR) is 115 cm³/mol. The molecular weight excluding hydrogens is 376 g/mol. The zero-order chi connectivity index (χ0) is 20.1. The van der Waals surface area contributed by atoms with E-state index in [9.17, 15) is 0 Å². The van der Waals surface area contributed by atoms with Crippen LogP contribution in [-0.2, 0) is 6.54 Å². The molecule has 1 aliphatic heterocycles. The van der Waals surface area contributed by atoms with Gasteiger partial charge in [0.15, 0.2) is 0 Å². The van der Waals surface area contributed by atoms with Crippen LogP contribution in [-0.4, -0.2) is 41.2 Å². The van der Waals surface area contributed by atoms with E-state index in [-0.39, 0.29) is 0 Å². The fourth-order valence-corrected chi connectivity index (χ4v) is 3.91. The van der Waals surface area contributed by atoms with E-state index in [2.05, 4.69) is 35.0 Å². The van der Waals surface area contributed by atoms with Crippen molar-refractivity contribution in [3.8, 4) is 34.0 Å². The van der Waals surface area contributed by atoms with Crippen LogP contribution in [0.4, 0.5) is 5.82 Å². The number of imidazole rings is 1. The lowest BCUT2D eigenvalue weighted by Gasteiger charge is -2.07. The van der Waals surface area contributed by atoms with Crippen LogP contribution in [0.2, 0.25) is 0 Å². The summed E-state index contributed by atoms with van der Waals surface area (Å²) >= 11 is 0. The van der Waals surface area contributed by atoms with E-state index in [4.69, 9.17) is 4.98 Å². The number of aryl methyl sites for hydroxylation is 1. The molecule has 0 unspecified atom stereocenters. The van der Waals surface area contributed by atoms with Crippen molar-refractivity contribution in [3.63, 3.8) is 0 Å². The Morgan fingerprint density at radius 2 is 1.90 bits per heavy atom. The third-order valence-corrected chi connectivity index (χ3v) is 5.35. The van der Waals surface area contributed by atoms with Gasteiger partial charge in [-0.25, -0.2) is 9.97 Å². The van der Waals surface area contributed by atoms with Gasteiger partial charge in [-0.1, -0.05) is 6.07 Å². The van der Waals surface area contributed by atoms with Gasteiger partial charge >= 0.3 is 0 Å². The molecule has 0 saturated heterocycles. The topological polar surface area (TPSA) is 97.2 Å². The Labute approximate surface area is 172 Å². The van der Waals surface area contributed by atoms with Crippen molar-refractivity contribution in [3.05, 3.63) is 60.7 Å². The third kappa shape index (κ3) is 2.65. The number of pyridine rings is 3. The lowest BCUT2D eigenvalue weighted by molar-refractivity contribution is 0.808. The molecule has 8 nitrogen and oxygen atoms in total. The first-order valence-corrected chi connectivity index (χ1v) is 9.80. The van der Waals surface area contributed by atoms with Gasteiger partial charge in [0.05, 0.1) is 40.5 Å². The molecule has 30 heavy (non-hydrogen) atoms. The van der Waals surface area contributed by atoms with E-state index in [1.165, 1.54) is 0 Å². The molecule has 6 rings (SSSR count). The zero-order valence-electron chi connectivity index (χ0n) is 16.3. The number of hydrogen-bond donors (Lipinski definition) is 2. The first-order chi connectivity index (χ1) is 14.8. The van der Waals surface area contributed by atoms with E-state index in [0.29, 0.717) is 0 Å².